The molecule has 0 spiro atoms. The van der Waals surface area contributed by atoms with Gasteiger partial charge in [-0.2, -0.15) is 5.10 Å². The summed E-state index contributed by atoms with van der Waals surface area (Å²) in [6, 6.07) is 9.56. The minimum Gasteiger partial charge on any atom is -0.485 e. The molecule has 0 fully saturated rings. The Balaban J connectivity index is 1.67. The fourth-order valence-corrected chi connectivity index (χ4v) is 3.11. The van der Waals surface area contributed by atoms with E-state index in [0.29, 0.717) is 6.54 Å². The second-order valence-corrected chi connectivity index (χ2v) is 6.13. The summed E-state index contributed by atoms with van der Waals surface area (Å²) < 4.78 is 7.77. The van der Waals surface area contributed by atoms with E-state index in [1.807, 2.05) is 44.4 Å². The Morgan fingerprint density at radius 1 is 1.42 bits per heavy atom. The van der Waals surface area contributed by atoms with E-state index in [4.69, 9.17) is 4.74 Å². The van der Waals surface area contributed by atoms with Gasteiger partial charge in [-0.05, 0) is 32.0 Å². The van der Waals surface area contributed by atoms with E-state index in [1.54, 1.807) is 15.8 Å². The molecule has 1 aromatic carbocycles. The average Bonchev–Trinajstić information content (AvgIpc) is 3.14. The van der Waals surface area contributed by atoms with E-state index in [-0.39, 0.29) is 18.1 Å². The number of carbonyl (C=O) groups excluding carboxylic acids is 1. The fraction of sp³-hybridized carbons (Fsp3) is 0.444. The lowest BCUT2D eigenvalue weighted by Gasteiger charge is -2.37. The Kier molecular flexibility index (Phi) is 4.74. The van der Waals surface area contributed by atoms with Crippen LogP contribution in [0, 0.1) is 0 Å². The van der Waals surface area contributed by atoms with Crippen molar-refractivity contribution in [3.05, 3.63) is 42.7 Å². The molecule has 1 amide bonds. The topological polar surface area (TPSA) is 50.6 Å². The van der Waals surface area contributed by atoms with Gasteiger partial charge in [-0.15, -0.1) is 0 Å². The number of anilines is 1. The van der Waals surface area contributed by atoms with Crippen LogP contribution in [0.15, 0.2) is 42.7 Å². The summed E-state index contributed by atoms with van der Waals surface area (Å²) in [7, 11) is 1.82. The molecule has 2 aromatic rings. The smallest absolute Gasteiger partial charge is 0.247 e. The zero-order valence-corrected chi connectivity index (χ0v) is 14.4. The van der Waals surface area contributed by atoms with E-state index < -0.39 is 0 Å². The first-order valence-electron chi connectivity index (χ1n) is 8.35. The molecule has 1 aliphatic heterocycles. The molecule has 1 aromatic heterocycles. The van der Waals surface area contributed by atoms with Crippen molar-refractivity contribution in [3.63, 3.8) is 0 Å². The minimum absolute atomic E-state index is 0.0317. The first-order valence-corrected chi connectivity index (χ1v) is 8.35. The van der Waals surface area contributed by atoms with Gasteiger partial charge < -0.3 is 14.5 Å². The molecule has 0 N–H and O–H groups in total. The highest BCUT2D eigenvalue weighted by atomic mass is 16.5. The highest BCUT2D eigenvalue weighted by molar-refractivity contribution is 5.79. The third kappa shape index (κ3) is 3.22. The van der Waals surface area contributed by atoms with Crippen LogP contribution in [-0.4, -0.2) is 53.4 Å². The van der Waals surface area contributed by atoms with Gasteiger partial charge in [0.05, 0.1) is 18.8 Å². The predicted octanol–water partition coefficient (Wildman–Crippen LogP) is 2.19. The molecule has 0 bridgehead atoms. The summed E-state index contributed by atoms with van der Waals surface area (Å²) in [5.74, 6) is 0.917. The second-order valence-electron chi connectivity index (χ2n) is 6.13. The van der Waals surface area contributed by atoms with Crippen molar-refractivity contribution in [2.45, 2.75) is 26.0 Å². The number of ether oxygens (including phenoxy) is 1. The van der Waals surface area contributed by atoms with Crippen molar-refractivity contribution in [2.75, 3.05) is 31.6 Å². The van der Waals surface area contributed by atoms with Gasteiger partial charge in [-0.3, -0.25) is 9.48 Å². The Morgan fingerprint density at radius 3 is 2.92 bits per heavy atom. The molecular weight excluding hydrogens is 304 g/mol. The summed E-state index contributed by atoms with van der Waals surface area (Å²) in [6.07, 6.45) is 3.45. The normalized spacial score (nSPS) is 17.8. The number of hydrogen-bond acceptors (Lipinski definition) is 4. The van der Waals surface area contributed by atoms with Gasteiger partial charge in [0.15, 0.2) is 0 Å². The van der Waals surface area contributed by atoms with Crippen LogP contribution < -0.4 is 9.64 Å². The van der Waals surface area contributed by atoms with Crippen LogP contribution in [0.3, 0.4) is 0 Å². The van der Waals surface area contributed by atoms with Crippen molar-refractivity contribution >= 4 is 11.6 Å². The summed E-state index contributed by atoms with van der Waals surface area (Å²) in [4.78, 5) is 16.6. The largest absolute Gasteiger partial charge is 0.485 e. The zero-order valence-electron chi connectivity index (χ0n) is 14.4. The van der Waals surface area contributed by atoms with Gasteiger partial charge >= 0.3 is 0 Å². The van der Waals surface area contributed by atoms with Crippen molar-refractivity contribution in [1.82, 2.24) is 14.7 Å². The zero-order chi connectivity index (χ0) is 17.1. The summed E-state index contributed by atoms with van der Waals surface area (Å²) in [5, 5.41) is 4.15. The molecule has 128 valence electrons. The maximum Gasteiger partial charge on any atom is 0.247 e. The van der Waals surface area contributed by atoms with Crippen LogP contribution in [-0.2, 0) is 4.79 Å². The fourth-order valence-electron chi connectivity index (χ4n) is 3.11. The monoisotopic (exact) mass is 328 g/mol. The number of hydrogen-bond donors (Lipinski definition) is 0. The molecule has 6 nitrogen and oxygen atoms in total. The molecular formula is C18H24N4O2. The molecule has 0 radical (unpaired) electrons. The number of fused-ring (bicyclic) bond motifs is 1. The third-order valence-corrected chi connectivity index (χ3v) is 4.44. The number of para-hydroxylation sites is 2. The molecule has 0 aliphatic carbocycles. The number of nitrogens with zero attached hydrogens (tertiary/aromatic N) is 4. The Bertz CT molecular complexity index is 686. The van der Waals surface area contributed by atoms with Gasteiger partial charge in [0.2, 0.25) is 5.91 Å². The highest BCUT2D eigenvalue weighted by Crippen LogP contribution is 2.32. The van der Waals surface area contributed by atoms with Crippen LogP contribution in [0.4, 0.5) is 5.69 Å². The molecule has 1 aliphatic rings. The molecule has 3 rings (SSSR count). The van der Waals surface area contributed by atoms with Crippen LogP contribution in [0.1, 0.15) is 19.9 Å². The van der Waals surface area contributed by atoms with E-state index in [2.05, 4.69) is 23.0 Å². The first-order chi connectivity index (χ1) is 11.6. The molecule has 0 saturated heterocycles. The SMILES string of the molecule is CCN1C[C@H](CN(C)C(=O)[C@@H](C)n2cccn2)Oc2ccccc21. The number of rotatable bonds is 5. The summed E-state index contributed by atoms with van der Waals surface area (Å²) in [6.45, 7) is 6.24. The van der Waals surface area contributed by atoms with E-state index in [1.165, 1.54) is 0 Å². The number of benzene rings is 1. The molecule has 6 heteroatoms. The van der Waals surface area contributed by atoms with Gasteiger partial charge in [0, 0.05) is 26.0 Å². The number of amides is 1. The van der Waals surface area contributed by atoms with Gasteiger partial charge in [0.25, 0.3) is 0 Å². The van der Waals surface area contributed by atoms with Crippen molar-refractivity contribution in [3.8, 4) is 5.75 Å². The Morgan fingerprint density at radius 2 is 2.21 bits per heavy atom. The number of aromatic nitrogens is 2. The number of likely N-dealkylation sites (N-methyl/N-ethyl adjacent to an activating group) is 2. The van der Waals surface area contributed by atoms with E-state index in [9.17, 15) is 4.79 Å². The van der Waals surface area contributed by atoms with Crippen LogP contribution in [0.25, 0.3) is 0 Å². The maximum atomic E-state index is 12.6. The third-order valence-electron chi connectivity index (χ3n) is 4.44. The Labute approximate surface area is 142 Å². The second kappa shape index (κ2) is 6.95. The van der Waals surface area contributed by atoms with Crippen molar-refractivity contribution in [2.24, 2.45) is 0 Å². The molecule has 2 heterocycles. The molecule has 2 atom stereocenters. The standard InChI is InChI=1S/C18H24N4O2/c1-4-21-13-15(24-17-9-6-5-8-16(17)21)12-20(3)18(23)14(2)22-11-7-10-19-22/h5-11,14-15H,4,12-13H2,1-3H3/t14-,15+/m1/s1. The number of carbonyl (C=O) groups is 1. The van der Waals surface area contributed by atoms with Gasteiger partial charge in [-0.25, -0.2) is 0 Å². The molecule has 24 heavy (non-hydrogen) atoms. The van der Waals surface area contributed by atoms with E-state index in [0.717, 1.165) is 24.5 Å². The van der Waals surface area contributed by atoms with Crippen LogP contribution in [0.5, 0.6) is 5.75 Å². The summed E-state index contributed by atoms with van der Waals surface area (Å²) in [5.41, 5.74) is 1.12. The lowest BCUT2D eigenvalue weighted by Crippen LogP contribution is -2.47. The highest BCUT2D eigenvalue weighted by Gasteiger charge is 2.28. The minimum atomic E-state index is -0.317. The first kappa shape index (κ1) is 16.4. The maximum absolute atomic E-state index is 12.6. The lowest BCUT2D eigenvalue weighted by molar-refractivity contribution is -0.134. The van der Waals surface area contributed by atoms with Crippen LogP contribution in [0.2, 0.25) is 0 Å². The Hall–Kier alpha value is -2.50. The van der Waals surface area contributed by atoms with Gasteiger partial charge in [0.1, 0.15) is 17.9 Å². The van der Waals surface area contributed by atoms with E-state index >= 15 is 0 Å². The quantitative estimate of drug-likeness (QED) is 0.844. The molecule has 0 unspecified atom stereocenters. The van der Waals surface area contributed by atoms with Gasteiger partial charge in [-0.1, -0.05) is 12.1 Å². The average molecular weight is 328 g/mol. The lowest BCUT2D eigenvalue weighted by atomic mass is 10.1. The summed E-state index contributed by atoms with van der Waals surface area (Å²) >= 11 is 0. The van der Waals surface area contributed by atoms with Crippen molar-refractivity contribution in [1.29, 1.82) is 0 Å². The van der Waals surface area contributed by atoms with Crippen LogP contribution >= 0.6 is 0 Å². The van der Waals surface area contributed by atoms with Crippen molar-refractivity contribution < 1.29 is 9.53 Å². The predicted molar refractivity (Wildman–Crippen MR) is 93.3 cm³/mol. The molecule has 0 saturated carbocycles.